The van der Waals surface area contributed by atoms with E-state index < -0.39 is 17.9 Å². The van der Waals surface area contributed by atoms with Gasteiger partial charge in [0.2, 0.25) is 0 Å². The Kier molecular flexibility index (Phi) is 9.11. The van der Waals surface area contributed by atoms with Gasteiger partial charge in [-0.15, -0.1) is 0 Å². The first kappa shape index (κ1) is 28.0. The molecule has 3 aromatic rings. The molecule has 1 aromatic heterocycles. The molecule has 3 N–H and O–H groups in total. The first-order valence-corrected chi connectivity index (χ1v) is 12.9. The lowest BCUT2D eigenvalue weighted by atomic mass is 9.99. The van der Waals surface area contributed by atoms with Crippen LogP contribution in [-0.2, 0) is 6.54 Å². The molecule has 9 nitrogen and oxygen atoms in total. The summed E-state index contributed by atoms with van der Waals surface area (Å²) in [6.07, 6.45) is 3.17. The fourth-order valence-corrected chi connectivity index (χ4v) is 4.55. The summed E-state index contributed by atoms with van der Waals surface area (Å²) in [7, 11) is 2.00. The molecule has 0 radical (unpaired) electrons. The Labute approximate surface area is 227 Å². The summed E-state index contributed by atoms with van der Waals surface area (Å²) in [6, 6.07) is 13.4. The molecule has 0 unspecified atom stereocenters. The van der Waals surface area contributed by atoms with E-state index in [1.807, 2.05) is 26.1 Å². The minimum atomic E-state index is -0.562. The van der Waals surface area contributed by atoms with E-state index in [4.69, 9.17) is 4.74 Å². The Balaban J connectivity index is 1.62. The number of nitrogens with zero attached hydrogens (tertiary/aromatic N) is 3. The molecule has 0 bridgehead atoms. The average Bonchev–Trinajstić information content (AvgIpc) is 2.92. The average molecular weight is 536 g/mol. The number of carbonyl (C=O) groups excluding carboxylic acids is 2. The second-order valence-electron chi connectivity index (χ2n) is 9.94. The van der Waals surface area contributed by atoms with Crippen molar-refractivity contribution in [3.05, 3.63) is 83.9 Å². The van der Waals surface area contributed by atoms with E-state index in [1.165, 1.54) is 24.3 Å². The van der Waals surface area contributed by atoms with Crippen molar-refractivity contribution in [2.45, 2.75) is 32.5 Å². The molecule has 0 saturated carbocycles. The number of aliphatic hydroxyl groups excluding tert-OH is 1. The number of ether oxygens (including phenoxy) is 1. The van der Waals surface area contributed by atoms with Crippen LogP contribution in [0.2, 0.25) is 0 Å². The molecule has 39 heavy (non-hydrogen) atoms. The van der Waals surface area contributed by atoms with E-state index in [0.717, 1.165) is 5.56 Å². The molecule has 3 atom stereocenters. The van der Waals surface area contributed by atoms with Crippen LogP contribution in [-0.4, -0.2) is 70.7 Å². The zero-order valence-electron chi connectivity index (χ0n) is 22.3. The number of rotatable bonds is 8. The number of hydrogen-bond acceptors (Lipinski definition) is 6. The molecule has 1 aliphatic rings. The van der Waals surface area contributed by atoms with Gasteiger partial charge in [-0.05, 0) is 68.1 Å². The highest BCUT2D eigenvalue weighted by Gasteiger charge is 2.34. The largest absolute Gasteiger partial charge is 0.486 e. The number of pyridine rings is 1. The second-order valence-corrected chi connectivity index (χ2v) is 9.94. The normalized spacial score (nSPS) is 18.0. The third-order valence-electron chi connectivity index (χ3n) is 6.73. The first-order chi connectivity index (χ1) is 18.7. The highest BCUT2D eigenvalue weighted by Crippen LogP contribution is 2.35. The van der Waals surface area contributed by atoms with Crippen LogP contribution in [0, 0.1) is 11.7 Å². The van der Waals surface area contributed by atoms with E-state index >= 15 is 0 Å². The molecule has 2 heterocycles. The van der Waals surface area contributed by atoms with Crippen LogP contribution >= 0.6 is 0 Å². The van der Waals surface area contributed by atoms with Gasteiger partial charge >= 0.3 is 6.03 Å². The molecule has 3 amide bonds. The molecule has 0 spiro atoms. The molecule has 4 rings (SSSR count). The van der Waals surface area contributed by atoms with Gasteiger partial charge in [-0.25, -0.2) is 9.18 Å². The summed E-state index contributed by atoms with van der Waals surface area (Å²) in [4.78, 5) is 34.3. The molecule has 206 valence electrons. The van der Waals surface area contributed by atoms with Crippen LogP contribution in [0.3, 0.4) is 0 Å². The molecule has 2 aromatic carbocycles. The van der Waals surface area contributed by atoms with Crippen molar-refractivity contribution in [1.29, 1.82) is 0 Å². The van der Waals surface area contributed by atoms with Gasteiger partial charge in [0.15, 0.2) is 5.75 Å². The van der Waals surface area contributed by atoms with Crippen LogP contribution in [0.4, 0.5) is 20.6 Å². The van der Waals surface area contributed by atoms with E-state index in [9.17, 15) is 19.1 Å². The number of urea groups is 1. The fraction of sp³-hybridized carbons (Fsp3) is 0.345. The standard InChI is InChI=1S/C29H34FN5O4/c1-19-15-35(20(2)18-36)28(37)24-5-4-6-25(33-29(38)32-23-9-7-22(30)8-10-23)27(24)39-26(19)17-34(3)16-21-11-13-31-14-12-21/h4-14,19-20,26,36H,15-18H2,1-3H3,(H2,32,33,38)/t19-,20+,26-/m1/s1. The number of benzene rings is 2. The molecular formula is C29H34FN5O4. The van der Waals surface area contributed by atoms with E-state index in [0.29, 0.717) is 36.6 Å². The SMILES string of the molecule is C[C@@H]1CN([C@@H](C)CO)C(=O)c2cccc(NC(=O)Nc3ccc(F)cc3)c2O[C@@H]1CN(C)Cc1ccncc1. The van der Waals surface area contributed by atoms with Crippen molar-refractivity contribution in [2.75, 3.05) is 37.4 Å². The maximum Gasteiger partial charge on any atom is 0.323 e. The van der Waals surface area contributed by atoms with Crippen molar-refractivity contribution in [1.82, 2.24) is 14.8 Å². The topological polar surface area (TPSA) is 107 Å². The number of aliphatic hydroxyl groups is 1. The van der Waals surface area contributed by atoms with Crippen LogP contribution in [0.15, 0.2) is 67.0 Å². The van der Waals surface area contributed by atoms with Gasteiger partial charge in [0.25, 0.3) is 5.91 Å². The maximum absolute atomic E-state index is 13.6. The minimum absolute atomic E-state index is 0.0860. The molecule has 0 fully saturated rings. The predicted molar refractivity (Wildman–Crippen MR) is 147 cm³/mol. The van der Waals surface area contributed by atoms with Crippen molar-refractivity contribution < 1.29 is 23.8 Å². The lowest BCUT2D eigenvalue weighted by molar-refractivity contribution is 0.0343. The van der Waals surface area contributed by atoms with Crippen LogP contribution in [0.1, 0.15) is 29.8 Å². The number of halogens is 1. The summed E-state index contributed by atoms with van der Waals surface area (Å²) in [6.45, 7) is 5.26. The molecule has 10 heteroatoms. The summed E-state index contributed by atoms with van der Waals surface area (Å²) in [5.41, 5.74) is 2.14. The van der Waals surface area contributed by atoms with Gasteiger partial charge in [0.1, 0.15) is 11.9 Å². The quantitative estimate of drug-likeness (QED) is 0.399. The third-order valence-corrected chi connectivity index (χ3v) is 6.73. The summed E-state index contributed by atoms with van der Waals surface area (Å²) < 4.78 is 19.8. The summed E-state index contributed by atoms with van der Waals surface area (Å²) in [5.74, 6) is -0.518. The monoisotopic (exact) mass is 535 g/mol. The minimum Gasteiger partial charge on any atom is -0.486 e. The van der Waals surface area contributed by atoms with Gasteiger partial charge in [-0.1, -0.05) is 13.0 Å². The van der Waals surface area contributed by atoms with Crippen LogP contribution < -0.4 is 15.4 Å². The number of carbonyl (C=O) groups is 2. The first-order valence-electron chi connectivity index (χ1n) is 12.9. The Morgan fingerprint density at radius 2 is 1.90 bits per heavy atom. The third kappa shape index (κ3) is 7.10. The number of anilines is 2. The van der Waals surface area contributed by atoms with E-state index in [1.54, 1.807) is 42.4 Å². The van der Waals surface area contributed by atoms with E-state index in [-0.39, 0.29) is 30.3 Å². The number of hydrogen-bond donors (Lipinski definition) is 3. The lowest BCUT2D eigenvalue weighted by Gasteiger charge is -2.38. The molecule has 0 aliphatic carbocycles. The fourth-order valence-electron chi connectivity index (χ4n) is 4.55. The highest BCUT2D eigenvalue weighted by atomic mass is 19.1. The Morgan fingerprint density at radius 1 is 1.18 bits per heavy atom. The van der Waals surface area contributed by atoms with Gasteiger partial charge in [0, 0.05) is 43.6 Å². The van der Waals surface area contributed by atoms with Crippen molar-refractivity contribution in [3.63, 3.8) is 0 Å². The molecule has 0 saturated heterocycles. The van der Waals surface area contributed by atoms with Gasteiger partial charge in [-0.3, -0.25) is 14.7 Å². The van der Waals surface area contributed by atoms with Crippen LogP contribution in [0.5, 0.6) is 5.75 Å². The van der Waals surface area contributed by atoms with Crippen molar-refractivity contribution in [3.8, 4) is 5.75 Å². The number of fused-ring (bicyclic) bond motifs is 1. The Bertz CT molecular complexity index is 1270. The predicted octanol–water partition coefficient (Wildman–Crippen LogP) is 4.22. The smallest absolute Gasteiger partial charge is 0.323 e. The number of likely N-dealkylation sites (N-methyl/N-ethyl adjacent to an activating group) is 1. The zero-order valence-corrected chi connectivity index (χ0v) is 22.3. The summed E-state index contributed by atoms with van der Waals surface area (Å²) >= 11 is 0. The summed E-state index contributed by atoms with van der Waals surface area (Å²) in [5, 5.41) is 15.3. The molecule has 1 aliphatic heterocycles. The highest BCUT2D eigenvalue weighted by molar-refractivity contribution is 6.04. The Hall–Kier alpha value is -4.02. The van der Waals surface area contributed by atoms with Crippen LogP contribution in [0.25, 0.3) is 0 Å². The number of nitrogens with one attached hydrogen (secondary N) is 2. The number of aromatic nitrogens is 1. The molecular weight excluding hydrogens is 501 g/mol. The number of amides is 3. The zero-order chi connectivity index (χ0) is 27.9. The van der Waals surface area contributed by atoms with E-state index in [2.05, 4.69) is 20.5 Å². The van der Waals surface area contributed by atoms with Gasteiger partial charge < -0.3 is 25.4 Å². The Morgan fingerprint density at radius 3 is 2.59 bits per heavy atom. The lowest BCUT2D eigenvalue weighted by Crippen LogP contribution is -2.49. The maximum atomic E-state index is 13.6. The van der Waals surface area contributed by atoms with Crippen molar-refractivity contribution >= 4 is 23.3 Å². The number of para-hydroxylation sites is 1. The van der Waals surface area contributed by atoms with Crippen molar-refractivity contribution in [2.24, 2.45) is 5.92 Å². The van der Waals surface area contributed by atoms with Gasteiger partial charge in [-0.2, -0.15) is 0 Å². The second kappa shape index (κ2) is 12.7. The van der Waals surface area contributed by atoms with Gasteiger partial charge in [0.05, 0.1) is 23.9 Å².